The van der Waals surface area contributed by atoms with Crippen LogP contribution in [0.2, 0.25) is 5.02 Å². The molecular weight excluding hydrogens is 352 g/mol. The Hall–Kier alpha value is -2.37. The van der Waals surface area contributed by atoms with Crippen LogP contribution in [0, 0.1) is 0 Å². The molecule has 0 aliphatic carbocycles. The van der Waals surface area contributed by atoms with Gasteiger partial charge in [-0.05, 0) is 55.5 Å². The van der Waals surface area contributed by atoms with E-state index in [1.165, 1.54) is 0 Å². The number of carbonyl (C=O) groups excluding carboxylic acids is 2. The Bertz CT molecular complexity index is 775. The molecule has 136 valence electrons. The number of hydrogen-bond acceptors (Lipinski definition) is 4. The van der Waals surface area contributed by atoms with Crippen molar-refractivity contribution in [2.24, 2.45) is 0 Å². The Morgan fingerprint density at radius 3 is 2.35 bits per heavy atom. The summed E-state index contributed by atoms with van der Waals surface area (Å²) in [7, 11) is 0. The van der Waals surface area contributed by atoms with Gasteiger partial charge >= 0.3 is 0 Å². The van der Waals surface area contributed by atoms with E-state index < -0.39 is 0 Å². The van der Waals surface area contributed by atoms with Gasteiger partial charge < -0.3 is 15.0 Å². The van der Waals surface area contributed by atoms with Gasteiger partial charge in [0.2, 0.25) is 0 Å². The minimum Gasteiger partial charge on any atom is -0.484 e. The summed E-state index contributed by atoms with van der Waals surface area (Å²) in [5.41, 5.74) is 1.13. The lowest BCUT2D eigenvalue weighted by atomic mass is 10.0. The fourth-order valence-corrected chi connectivity index (χ4v) is 3.04. The average molecular weight is 373 g/mol. The summed E-state index contributed by atoms with van der Waals surface area (Å²) in [6, 6.07) is 13.7. The third-order valence-corrected chi connectivity index (χ3v) is 4.66. The number of piperazine rings is 1. The molecule has 6 heteroatoms. The number of benzene rings is 2. The first-order chi connectivity index (χ1) is 12.5. The molecule has 0 unspecified atom stereocenters. The highest BCUT2D eigenvalue weighted by Crippen LogP contribution is 2.17. The van der Waals surface area contributed by atoms with E-state index in [2.05, 4.69) is 5.32 Å². The van der Waals surface area contributed by atoms with Gasteiger partial charge in [-0.1, -0.05) is 11.6 Å². The SMILES string of the molecule is C[C@H]1CNCCN1C(=O)COc1ccc(C(=O)c2ccc(Cl)cc2)cc1. The summed E-state index contributed by atoms with van der Waals surface area (Å²) in [6.07, 6.45) is 0. The van der Waals surface area contributed by atoms with Crippen molar-refractivity contribution in [1.82, 2.24) is 10.2 Å². The summed E-state index contributed by atoms with van der Waals surface area (Å²) in [4.78, 5) is 26.5. The Labute approximate surface area is 157 Å². The molecular formula is C20H21ClN2O3. The van der Waals surface area contributed by atoms with Gasteiger partial charge in [0.05, 0.1) is 0 Å². The second kappa shape index (κ2) is 8.34. The summed E-state index contributed by atoms with van der Waals surface area (Å²) >= 11 is 5.85. The van der Waals surface area contributed by atoms with E-state index in [-0.39, 0.29) is 24.3 Å². The van der Waals surface area contributed by atoms with Crippen molar-refractivity contribution in [2.45, 2.75) is 13.0 Å². The van der Waals surface area contributed by atoms with E-state index >= 15 is 0 Å². The number of carbonyl (C=O) groups is 2. The normalized spacial score (nSPS) is 17.0. The molecule has 1 saturated heterocycles. The molecule has 1 amide bonds. The van der Waals surface area contributed by atoms with E-state index in [1.807, 2.05) is 11.8 Å². The quantitative estimate of drug-likeness (QED) is 0.820. The van der Waals surface area contributed by atoms with E-state index in [0.717, 1.165) is 13.1 Å². The molecule has 1 atom stereocenters. The molecule has 0 bridgehead atoms. The maximum Gasteiger partial charge on any atom is 0.260 e. The van der Waals surface area contributed by atoms with Crippen molar-refractivity contribution in [3.05, 3.63) is 64.7 Å². The molecule has 5 nitrogen and oxygen atoms in total. The fraction of sp³-hybridized carbons (Fsp3) is 0.300. The first-order valence-corrected chi connectivity index (χ1v) is 8.96. The van der Waals surface area contributed by atoms with Crippen LogP contribution in [0.15, 0.2) is 48.5 Å². The molecule has 1 N–H and O–H groups in total. The third-order valence-electron chi connectivity index (χ3n) is 4.41. The molecule has 3 rings (SSSR count). The number of ketones is 1. The average Bonchev–Trinajstić information content (AvgIpc) is 2.67. The number of nitrogens with zero attached hydrogens (tertiary/aromatic N) is 1. The number of rotatable bonds is 5. The smallest absolute Gasteiger partial charge is 0.260 e. The lowest BCUT2D eigenvalue weighted by Crippen LogP contribution is -2.53. The number of ether oxygens (including phenoxy) is 1. The topological polar surface area (TPSA) is 58.6 Å². The molecule has 0 saturated carbocycles. The van der Waals surface area contributed by atoms with Crippen molar-refractivity contribution in [3.8, 4) is 5.75 Å². The van der Waals surface area contributed by atoms with Crippen LogP contribution in [-0.2, 0) is 4.79 Å². The van der Waals surface area contributed by atoms with Gasteiger partial charge in [0, 0.05) is 41.8 Å². The lowest BCUT2D eigenvalue weighted by molar-refractivity contribution is -0.136. The van der Waals surface area contributed by atoms with Gasteiger partial charge in [-0.3, -0.25) is 9.59 Å². The van der Waals surface area contributed by atoms with Gasteiger partial charge in [-0.15, -0.1) is 0 Å². The highest BCUT2D eigenvalue weighted by molar-refractivity contribution is 6.30. The first-order valence-electron chi connectivity index (χ1n) is 8.58. The molecule has 1 heterocycles. The minimum atomic E-state index is -0.0843. The van der Waals surface area contributed by atoms with Crippen molar-refractivity contribution in [1.29, 1.82) is 0 Å². The Morgan fingerprint density at radius 2 is 1.73 bits per heavy atom. The van der Waals surface area contributed by atoms with Crippen molar-refractivity contribution in [2.75, 3.05) is 26.2 Å². The molecule has 0 radical (unpaired) electrons. The largest absolute Gasteiger partial charge is 0.484 e. The Morgan fingerprint density at radius 1 is 1.12 bits per heavy atom. The highest BCUT2D eigenvalue weighted by Gasteiger charge is 2.23. The van der Waals surface area contributed by atoms with Crippen molar-refractivity contribution >= 4 is 23.3 Å². The minimum absolute atomic E-state index is 0.00514. The van der Waals surface area contributed by atoms with Crippen LogP contribution in [0.5, 0.6) is 5.75 Å². The zero-order valence-corrected chi connectivity index (χ0v) is 15.3. The molecule has 1 aliphatic rings. The van der Waals surface area contributed by atoms with Crippen LogP contribution in [-0.4, -0.2) is 48.9 Å². The second-order valence-corrected chi connectivity index (χ2v) is 6.73. The van der Waals surface area contributed by atoms with Crippen LogP contribution >= 0.6 is 11.6 Å². The molecule has 26 heavy (non-hydrogen) atoms. The zero-order valence-electron chi connectivity index (χ0n) is 14.6. The maximum atomic E-state index is 12.4. The van der Waals surface area contributed by atoms with Crippen LogP contribution in [0.25, 0.3) is 0 Å². The number of halogens is 1. The number of hydrogen-bond donors (Lipinski definition) is 1. The third kappa shape index (κ3) is 4.42. The second-order valence-electron chi connectivity index (χ2n) is 6.29. The molecule has 2 aromatic rings. The first kappa shape index (κ1) is 18.4. The van der Waals surface area contributed by atoms with Gasteiger partial charge in [0.25, 0.3) is 5.91 Å². The van der Waals surface area contributed by atoms with Crippen LogP contribution < -0.4 is 10.1 Å². The van der Waals surface area contributed by atoms with Gasteiger partial charge in [0.15, 0.2) is 12.4 Å². The summed E-state index contributed by atoms with van der Waals surface area (Å²) in [5.74, 6) is 0.452. The lowest BCUT2D eigenvalue weighted by Gasteiger charge is -2.33. The highest BCUT2D eigenvalue weighted by atomic mass is 35.5. The maximum absolute atomic E-state index is 12.4. The van der Waals surface area contributed by atoms with E-state index in [0.29, 0.717) is 28.4 Å². The summed E-state index contributed by atoms with van der Waals surface area (Å²) < 4.78 is 5.59. The zero-order chi connectivity index (χ0) is 18.5. The predicted octanol–water partition coefficient (Wildman–Crippen LogP) is 2.77. The van der Waals surface area contributed by atoms with Crippen LogP contribution in [0.1, 0.15) is 22.8 Å². The molecule has 2 aromatic carbocycles. The van der Waals surface area contributed by atoms with E-state index in [4.69, 9.17) is 16.3 Å². The van der Waals surface area contributed by atoms with Crippen molar-refractivity contribution < 1.29 is 14.3 Å². The number of amides is 1. The fourth-order valence-electron chi connectivity index (χ4n) is 2.91. The Kier molecular flexibility index (Phi) is 5.91. The summed E-state index contributed by atoms with van der Waals surface area (Å²) in [5, 5.41) is 3.84. The van der Waals surface area contributed by atoms with Gasteiger partial charge in [-0.2, -0.15) is 0 Å². The van der Waals surface area contributed by atoms with Crippen LogP contribution in [0.3, 0.4) is 0 Å². The van der Waals surface area contributed by atoms with Crippen LogP contribution in [0.4, 0.5) is 0 Å². The Balaban J connectivity index is 1.58. The predicted molar refractivity (Wildman–Crippen MR) is 101 cm³/mol. The van der Waals surface area contributed by atoms with E-state index in [1.54, 1.807) is 48.5 Å². The molecule has 1 aliphatic heterocycles. The van der Waals surface area contributed by atoms with Crippen molar-refractivity contribution in [3.63, 3.8) is 0 Å². The molecule has 1 fully saturated rings. The monoisotopic (exact) mass is 372 g/mol. The standard InChI is InChI=1S/C20H21ClN2O3/c1-14-12-22-10-11-23(14)19(24)13-26-18-8-4-16(5-9-18)20(25)15-2-6-17(21)7-3-15/h2-9,14,22H,10-13H2,1H3/t14-/m0/s1. The molecule has 0 aromatic heterocycles. The molecule has 0 spiro atoms. The van der Waals surface area contributed by atoms with E-state index in [9.17, 15) is 9.59 Å². The van der Waals surface area contributed by atoms with Gasteiger partial charge in [0.1, 0.15) is 5.75 Å². The van der Waals surface area contributed by atoms with Gasteiger partial charge in [-0.25, -0.2) is 0 Å². The summed E-state index contributed by atoms with van der Waals surface area (Å²) in [6.45, 7) is 4.30. The number of nitrogens with one attached hydrogen (secondary N) is 1.